The van der Waals surface area contributed by atoms with Gasteiger partial charge in [-0.1, -0.05) is 48.5 Å². The van der Waals surface area contributed by atoms with Crippen LogP contribution in [0.2, 0.25) is 0 Å². The number of rotatable bonds is 3. The first kappa shape index (κ1) is 28.3. The summed E-state index contributed by atoms with van der Waals surface area (Å²) < 4.78 is 0. The molecule has 0 spiro atoms. The molecule has 194 valence electrons. The van der Waals surface area contributed by atoms with Crippen LogP contribution in [0.1, 0.15) is 32.0 Å². The zero-order valence-corrected chi connectivity index (χ0v) is 26.1. The molecule has 4 heteroatoms. The van der Waals surface area contributed by atoms with Crippen molar-refractivity contribution in [3.05, 3.63) is 126 Å². The highest BCUT2D eigenvalue weighted by Crippen LogP contribution is 2.35. The zero-order chi connectivity index (χ0) is 27.1. The Hall–Kier alpha value is -2.76. The molecule has 0 saturated heterocycles. The Kier molecular flexibility index (Phi) is 9.92. The lowest BCUT2D eigenvalue weighted by atomic mass is 9.97. The molecule has 6 aromatic rings. The Balaban J connectivity index is 0.000000133. The van der Waals surface area contributed by atoms with Crippen molar-refractivity contribution in [1.29, 1.82) is 0 Å². The van der Waals surface area contributed by atoms with Crippen LogP contribution in [0.5, 0.6) is 0 Å². The summed E-state index contributed by atoms with van der Waals surface area (Å²) in [5, 5.41) is 8.62. The Bertz CT molecular complexity index is 1390. The van der Waals surface area contributed by atoms with Crippen LogP contribution in [-0.4, -0.2) is 0 Å². The summed E-state index contributed by atoms with van der Waals surface area (Å²) in [5.41, 5.74) is 10.9. The van der Waals surface area contributed by atoms with Crippen LogP contribution >= 0.6 is 45.3 Å². The first-order valence-corrected chi connectivity index (χ1v) is 16.2. The average molecular weight is 571 g/mol. The van der Waals surface area contributed by atoms with Crippen molar-refractivity contribution in [2.24, 2.45) is 0 Å². The van der Waals surface area contributed by atoms with Crippen LogP contribution < -0.4 is 0 Å². The van der Waals surface area contributed by atoms with E-state index >= 15 is 0 Å². The van der Waals surface area contributed by atoms with E-state index < -0.39 is 0 Å². The quantitative estimate of drug-likeness (QED) is 0.198. The molecular weight excluding hydrogens is 537 g/mol. The van der Waals surface area contributed by atoms with Gasteiger partial charge in [-0.3, -0.25) is 0 Å². The Morgan fingerprint density at radius 3 is 1.00 bits per heavy atom. The van der Waals surface area contributed by atoms with Crippen LogP contribution in [0.3, 0.4) is 0 Å². The van der Waals surface area contributed by atoms with Crippen molar-refractivity contribution in [3.63, 3.8) is 0 Å². The molecule has 6 rings (SSSR count). The molecule has 0 aliphatic heterocycles. The third-order valence-corrected chi connectivity index (χ3v) is 10.4. The van der Waals surface area contributed by atoms with E-state index in [-0.39, 0.29) is 0 Å². The lowest BCUT2D eigenvalue weighted by Gasteiger charge is -2.08. The fraction of sp³-hybridized carbons (Fsp3) is 0.176. The molecule has 0 amide bonds. The minimum atomic E-state index is 1.34. The molecule has 4 heterocycles. The van der Waals surface area contributed by atoms with Crippen LogP contribution in [0, 0.1) is 41.5 Å². The van der Waals surface area contributed by atoms with Crippen molar-refractivity contribution in [2.45, 2.75) is 41.5 Å². The van der Waals surface area contributed by atoms with Crippen LogP contribution in [0.15, 0.2) is 94.3 Å². The molecule has 0 nitrogen and oxygen atoms in total. The Labute approximate surface area is 243 Å². The van der Waals surface area contributed by atoms with E-state index in [0.29, 0.717) is 0 Å². The van der Waals surface area contributed by atoms with E-state index in [4.69, 9.17) is 0 Å². The summed E-state index contributed by atoms with van der Waals surface area (Å²) in [6.45, 7) is 13.0. The second kappa shape index (κ2) is 13.3. The van der Waals surface area contributed by atoms with Crippen molar-refractivity contribution in [1.82, 2.24) is 0 Å². The number of benzene rings is 2. The van der Waals surface area contributed by atoms with E-state index in [1.807, 2.05) is 45.3 Å². The second-order valence-corrected chi connectivity index (χ2v) is 13.3. The largest absolute Gasteiger partial charge is 0.149 e. The van der Waals surface area contributed by atoms with Crippen LogP contribution in [0.4, 0.5) is 0 Å². The van der Waals surface area contributed by atoms with E-state index in [2.05, 4.69) is 136 Å². The van der Waals surface area contributed by atoms with Gasteiger partial charge < -0.3 is 0 Å². The molecule has 0 aliphatic rings. The van der Waals surface area contributed by atoms with Gasteiger partial charge in [-0.05, 0) is 132 Å². The monoisotopic (exact) mass is 570 g/mol. The molecule has 0 bridgehead atoms. The van der Waals surface area contributed by atoms with Gasteiger partial charge in [-0.15, -0.1) is 45.3 Å². The van der Waals surface area contributed by atoms with Crippen LogP contribution in [-0.2, 0) is 0 Å². The first-order valence-electron chi connectivity index (χ1n) is 12.7. The van der Waals surface area contributed by atoms with Crippen molar-refractivity contribution < 1.29 is 0 Å². The maximum atomic E-state index is 2.20. The summed E-state index contributed by atoms with van der Waals surface area (Å²) in [6, 6.07) is 25.8. The number of aryl methyl sites for hydroxylation is 6. The van der Waals surface area contributed by atoms with E-state index in [9.17, 15) is 0 Å². The highest BCUT2D eigenvalue weighted by atomic mass is 32.1. The fourth-order valence-corrected chi connectivity index (χ4v) is 7.87. The topological polar surface area (TPSA) is 0 Å². The molecule has 0 N–H and O–H groups in total. The summed E-state index contributed by atoms with van der Waals surface area (Å²) in [4.78, 5) is 5.69. The van der Waals surface area contributed by atoms with Crippen LogP contribution in [0.25, 0.3) is 32.0 Å². The highest BCUT2D eigenvalue weighted by molar-refractivity contribution is 7.20. The molecular formula is C34H34S4. The van der Waals surface area contributed by atoms with Gasteiger partial charge in [0.2, 0.25) is 0 Å². The van der Waals surface area contributed by atoms with Gasteiger partial charge in [0.15, 0.2) is 0 Å². The lowest BCUT2D eigenvalue weighted by molar-refractivity contribution is 1.41. The van der Waals surface area contributed by atoms with Gasteiger partial charge >= 0.3 is 0 Å². The fourth-order valence-electron chi connectivity index (χ4n) is 4.29. The van der Waals surface area contributed by atoms with E-state index in [1.54, 1.807) is 0 Å². The van der Waals surface area contributed by atoms with E-state index in [1.165, 1.54) is 64.0 Å². The smallest absolute Gasteiger partial charge is 0.0474 e. The maximum absolute atomic E-state index is 2.20. The molecule has 2 aromatic carbocycles. The van der Waals surface area contributed by atoms with Gasteiger partial charge in [0.05, 0.1) is 0 Å². The van der Waals surface area contributed by atoms with Crippen molar-refractivity contribution >= 4 is 45.3 Å². The third-order valence-electron chi connectivity index (χ3n) is 6.52. The van der Waals surface area contributed by atoms with Crippen molar-refractivity contribution in [3.8, 4) is 32.0 Å². The van der Waals surface area contributed by atoms with Gasteiger partial charge in [-0.25, -0.2) is 0 Å². The lowest BCUT2D eigenvalue weighted by Crippen LogP contribution is -1.85. The predicted molar refractivity (Wildman–Crippen MR) is 176 cm³/mol. The van der Waals surface area contributed by atoms with E-state index in [0.717, 1.165) is 0 Å². The minimum Gasteiger partial charge on any atom is -0.149 e. The second-order valence-electron chi connectivity index (χ2n) is 9.28. The van der Waals surface area contributed by atoms with Gasteiger partial charge in [0.1, 0.15) is 0 Å². The molecule has 4 aromatic heterocycles. The SMILES string of the molecule is Cc1ccccc1-c1ccccc1C.Cc1ccsc1-c1sccc1C.Cc1sccc1-c1ccsc1C. The predicted octanol–water partition coefficient (Wildman–Crippen LogP) is 12.2. The molecule has 0 fully saturated rings. The summed E-state index contributed by atoms with van der Waals surface area (Å²) >= 11 is 7.30. The van der Waals surface area contributed by atoms with Crippen molar-refractivity contribution in [2.75, 3.05) is 0 Å². The maximum Gasteiger partial charge on any atom is 0.0474 e. The average Bonchev–Trinajstić information content (AvgIpc) is 3.71. The molecule has 0 radical (unpaired) electrons. The highest BCUT2D eigenvalue weighted by Gasteiger charge is 2.07. The van der Waals surface area contributed by atoms with Gasteiger partial charge in [0.25, 0.3) is 0 Å². The summed E-state index contributed by atoms with van der Waals surface area (Å²) in [7, 11) is 0. The zero-order valence-electron chi connectivity index (χ0n) is 22.9. The normalized spacial score (nSPS) is 10.4. The number of thiophene rings is 4. The molecule has 0 aliphatic carbocycles. The number of hydrogen-bond acceptors (Lipinski definition) is 4. The Morgan fingerprint density at radius 1 is 0.342 bits per heavy atom. The summed E-state index contributed by atoms with van der Waals surface area (Å²) in [5.74, 6) is 0. The summed E-state index contributed by atoms with van der Waals surface area (Å²) in [6.07, 6.45) is 0. The molecule has 0 saturated carbocycles. The number of hydrogen-bond donors (Lipinski definition) is 0. The Morgan fingerprint density at radius 2 is 0.711 bits per heavy atom. The molecule has 0 unspecified atom stereocenters. The van der Waals surface area contributed by atoms with Gasteiger partial charge in [0, 0.05) is 19.5 Å². The van der Waals surface area contributed by atoms with Gasteiger partial charge in [-0.2, -0.15) is 0 Å². The molecule has 0 atom stereocenters. The molecule has 38 heavy (non-hydrogen) atoms. The first-order chi connectivity index (χ1) is 18.4. The minimum absolute atomic E-state index is 1.34. The third kappa shape index (κ3) is 6.81. The standard InChI is InChI=1S/C14H14.2C10H10S2/c1-11-7-3-5-9-13(11)14-10-6-4-8-12(14)2;1-7-9(3-5-11-7)10-4-6-12-8(10)2;1-7-3-5-11-9(7)10-8(2)4-6-12-10/h3-10H,1-2H3;2*3-6H,1-2H3.